The van der Waals surface area contributed by atoms with Crippen LogP contribution in [0.3, 0.4) is 0 Å². The average Bonchev–Trinajstić information content (AvgIpc) is 2.69. The van der Waals surface area contributed by atoms with Gasteiger partial charge in [0.05, 0.1) is 16.4 Å². The van der Waals surface area contributed by atoms with Gasteiger partial charge in [0, 0.05) is 30.7 Å². The molecule has 2 aromatic rings. The lowest BCUT2D eigenvalue weighted by atomic mass is 10.3. The van der Waals surface area contributed by atoms with Gasteiger partial charge in [0.1, 0.15) is 0 Å². The maximum Gasteiger partial charge on any atom is 0.0590 e. The van der Waals surface area contributed by atoms with E-state index < -0.39 is 0 Å². The first kappa shape index (κ1) is 9.21. The normalized spacial score (nSPS) is 10.1. The Morgan fingerprint density at radius 3 is 3.07 bits per heavy atom. The van der Waals surface area contributed by atoms with Crippen molar-refractivity contribution in [3.8, 4) is 0 Å². The molecule has 2 aromatic heterocycles. The van der Waals surface area contributed by atoms with Gasteiger partial charge in [-0.25, -0.2) is 0 Å². The number of pyridine rings is 1. The summed E-state index contributed by atoms with van der Waals surface area (Å²) in [5.74, 6) is 0. The lowest BCUT2D eigenvalue weighted by Crippen LogP contribution is -1.98. The molecule has 72 valence electrons. The molecule has 0 aliphatic carbocycles. The van der Waals surface area contributed by atoms with Crippen LogP contribution < -0.4 is 5.32 Å². The van der Waals surface area contributed by atoms with Crippen molar-refractivity contribution in [3.63, 3.8) is 0 Å². The summed E-state index contributed by atoms with van der Waals surface area (Å²) in [4.78, 5) is 3.98. The van der Waals surface area contributed by atoms with Crippen molar-refractivity contribution in [2.45, 2.75) is 6.54 Å². The van der Waals surface area contributed by atoms with Crippen LogP contribution in [0.5, 0.6) is 0 Å². The molecule has 0 fully saturated rings. The highest BCUT2D eigenvalue weighted by atomic mass is 79.9. The third kappa shape index (κ3) is 2.11. The summed E-state index contributed by atoms with van der Waals surface area (Å²) in [5, 5.41) is 9.90. The molecule has 0 unspecified atom stereocenters. The van der Waals surface area contributed by atoms with Crippen LogP contribution in [0.1, 0.15) is 5.56 Å². The minimum atomic E-state index is 0.749. The topological polar surface area (TPSA) is 53.6 Å². The Morgan fingerprint density at radius 1 is 1.43 bits per heavy atom. The highest BCUT2D eigenvalue weighted by Gasteiger charge is 1.98. The maximum atomic E-state index is 3.98. The van der Waals surface area contributed by atoms with Gasteiger partial charge in [0.15, 0.2) is 0 Å². The van der Waals surface area contributed by atoms with Crippen LogP contribution in [0.15, 0.2) is 35.3 Å². The number of hydrogen-bond donors (Lipinski definition) is 2. The van der Waals surface area contributed by atoms with Gasteiger partial charge in [0.25, 0.3) is 0 Å². The van der Waals surface area contributed by atoms with Crippen LogP contribution in [-0.4, -0.2) is 15.2 Å². The number of aromatic amines is 1. The average molecular weight is 253 g/mol. The number of anilines is 1. The summed E-state index contributed by atoms with van der Waals surface area (Å²) >= 11 is 3.41. The quantitative estimate of drug-likeness (QED) is 0.881. The number of H-pyrrole nitrogens is 1. The Balaban J connectivity index is 2.02. The zero-order chi connectivity index (χ0) is 9.80. The van der Waals surface area contributed by atoms with Crippen molar-refractivity contribution in [2.24, 2.45) is 0 Å². The molecular formula is C9H9BrN4. The van der Waals surface area contributed by atoms with E-state index in [-0.39, 0.29) is 0 Å². The first-order chi connectivity index (χ1) is 6.86. The molecule has 0 saturated carbocycles. The van der Waals surface area contributed by atoms with E-state index in [4.69, 9.17) is 0 Å². The fraction of sp³-hybridized carbons (Fsp3) is 0.111. The van der Waals surface area contributed by atoms with Gasteiger partial charge in [-0.05, 0) is 22.0 Å². The Labute approximate surface area is 89.9 Å². The van der Waals surface area contributed by atoms with Crippen LogP contribution in [0.25, 0.3) is 0 Å². The smallest absolute Gasteiger partial charge is 0.0590 e. The van der Waals surface area contributed by atoms with Gasteiger partial charge in [-0.1, -0.05) is 0 Å². The summed E-state index contributed by atoms with van der Waals surface area (Å²) < 4.78 is 0.962. The predicted molar refractivity (Wildman–Crippen MR) is 57.9 cm³/mol. The van der Waals surface area contributed by atoms with Gasteiger partial charge in [-0.15, -0.1) is 0 Å². The monoisotopic (exact) mass is 252 g/mol. The second-order valence-corrected chi connectivity index (χ2v) is 3.67. The number of aromatic nitrogens is 3. The minimum absolute atomic E-state index is 0.749. The van der Waals surface area contributed by atoms with E-state index >= 15 is 0 Å². The zero-order valence-electron chi connectivity index (χ0n) is 7.37. The van der Waals surface area contributed by atoms with Gasteiger partial charge in [0.2, 0.25) is 0 Å². The molecule has 0 radical (unpaired) electrons. The van der Waals surface area contributed by atoms with Crippen molar-refractivity contribution in [1.82, 2.24) is 15.2 Å². The molecule has 0 saturated heterocycles. The Bertz CT molecular complexity index is 399. The number of halogens is 1. The van der Waals surface area contributed by atoms with Gasteiger partial charge < -0.3 is 5.32 Å². The van der Waals surface area contributed by atoms with E-state index in [1.54, 1.807) is 18.6 Å². The van der Waals surface area contributed by atoms with Gasteiger partial charge in [-0.3, -0.25) is 10.1 Å². The van der Waals surface area contributed by atoms with Gasteiger partial charge in [-0.2, -0.15) is 5.10 Å². The first-order valence-corrected chi connectivity index (χ1v) is 4.96. The number of hydrogen-bond acceptors (Lipinski definition) is 3. The third-order valence-corrected chi connectivity index (χ3v) is 2.44. The van der Waals surface area contributed by atoms with E-state index in [0.717, 1.165) is 22.3 Å². The molecule has 0 aromatic carbocycles. The van der Waals surface area contributed by atoms with E-state index in [9.17, 15) is 0 Å². The lowest BCUT2D eigenvalue weighted by molar-refractivity contribution is 1.09. The molecule has 0 amide bonds. The van der Waals surface area contributed by atoms with Crippen LogP contribution in [-0.2, 0) is 6.54 Å². The zero-order valence-corrected chi connectivity index (χ0v) is 8.95. The molecule has 0 aliphatic heterocycles. The van der Waals surface area contributed by atoms with Gasteiger partial charge >= 0.3 is 0 Å². The first-order valence-electron chi connectivity index (χ1n) is 4.17. The summed E-state index contributed by atoms with van der Waals surface area (Å²) in [5.41, 5.74) is 2.15. The van der Waals surface area contributed by atoms with E-state index in [2.05, 4.69) is 36.4 Å². The molecule has 4 nitrogen and oxygen atoms in total. The summed E-state index contributed by atoms with van der Waals surface area (Å²) in [6, 6.07) is 1.92. The Kier molecular flexibility index (Phi) is 2.78. The lowest BCUT2D eigenvalue weighted by Gasteiger charge is -2.05. The summed E-state index contributed by atoms with van der Waals surface area (Å²) in [6.45, 7) is 0.749. The summed E-state index contributed by atoms with van der Waals surface area (Å²) in [7, 11) is 0. The van der Waals surface area contributed by atoms with Crippen LogP contribution >= 0.6 is 15.9 Å². The molecular weight excluding hydrogens is 244 g/mol. The maximum absolute atomic E-state index is 3.98. The molecule has 2 heterocycles. The molecule has 14 heavy (non-hydrogen) atoms. The predicted octanol–water partition coefficient (Wildman–Crippen LogP) is 2.18. The van der Waals surface area contributed by atoms with Crippen molar-refractivity contribution < 1.29 is 0 Å². The largest absolute Gasteiger partial charge is 0.380 e. The van der Waals surface area contributed by atoms with E-state index in [0.29, 0.717) is 0 Å². The van der Waals surface area contributed by atoms with Crippen molar-refractivity contribution >= 4 is 21.6 Å². The second-order valence-electron chi connectivity index (χ2n) is 2.82. The molecule has 0 aliphatic rings. The SMILES string of the molecule is Brc1cnccc1NCc1cn[nH]c1. The van der Waals surface area contributed by atoms with E-state index in [1.807, 2.05) is 12.3 Å². The van der Waals surface area contributed by atoms with Crippen molar-refractivity contribution in [1.29, 1.82) is 0 Å². The highest BCUT2D eigenvalue weighted by molar-refractivity contribution is 9.10. The molecule has 2 rings (SSSR count). The fourth-order valence-corrected chi connectivity index (χ4v) is 1.48. The van der Waals surface area contributed by atoms with Crippen molar-refractivity contribution in [3.05, 3.63) is 40.9 Å². The Hall–Kier alpha value is -1.36. The number of nitrogens with zero attached hydrogens (tertiary/aromatic N) is 2. The number of rotatable bonds is 3. The highest BCUT2D eigenvalue weighted by Crippen LogP contribution is 2.20. The summed E-state index contributed by atoms with van der Waals surface area (Å²) in [6.07, 6.45) is 7.17. The molecule has 0 atom stereocenters. The third-order valence-electron chi connectivity index (χ3n) is 1.81. The minimum Gasteiger partial charge on any atom is -0.380 e. The number of nitrogens with one attached hydrogen (secondary N) is 2. The van der Waals surface area contributed by atoms with E-state index in [1.165, 1.54) is 0 Å². The Morgan fingerprint density at radius 2 is 2.36 bits per heavy atom. The van der Waals surface area contributed by atoms with Crippen LogP contribution in [0.4, 0.5) is 5.69 Å². The molecule has 0 spiro atoms. The van der Waals surface area contributed by atoms with Crippen LogP contribution in [0.2, 0.25) is 0 Å². The molecule has 2 N–H and O–H groups in total. The van der Waals surface area contributed by atoms with Crippen molar-refractivity contribution in [2.75, 3.05) is 5.32 Å². The molecule has 0 bridgehead atoms. The molecule has 5 heteroatoms. The second kappa shape index (κ2) is 4.23. The van der Waals surface area contributed by atoms with Crippen LogP contribution in [0, 0.1) is 0 Å². The fourth-order valence-electron chi connectivity index (χ4n) is 1.09. The standard InChI is InChI=1S/C9H9BrN4/c10-8-6-11-2-1-9(8)12-3-7-4-13-14-5-7/h1-2,4-6H,3H2,(H,11,12)(H,13,14).